The van der Waals surface area contributed by atoms with Gasteiger partial charge < -0.3 is 15.2 Å². The molecule has 1 aromatic carbocycles. The molecule has 1 aromatic rings. The van der Waals surface area contributed by atoms with E-state index in [-0.39, 0.29) is 5.91 Å². The number of carbonyl (C=O) groups excluding carboxylic acids is 1. The molecular formula is C14H20N2O3. The van der Waals surface area contributed by atoms with E-state index >= 15 is 0 Å². The minimum atomic E-state index is -0.597. The first-order valence-corrected chi connectivity index (χ1v) is 6.43. The number of aliphatic hydroxyl groups is 1. The maximum absolute atomic E-state index is 11.8. The van der Waals surface area contributed by atoms with E-state index in [9.17, 15) is 9.90 Å². The predicted molar refractivity (Wildman–Crippen MR) is 73.3 cm³/mol. The molecule has 0 bridgehead atoms. The molecule has 0 saturated carbocycles. The normalized spacial score (nSPS) is 17.6. The van der Waals surface area contributed by atoms with Crippen molar-refractivity contribution in [1.82, 2.24) is 4.90 Å². The zero-order chi connectivity index (χ0) is 13.9. The molecule has 1 amide bonds. The van der Waals surface area contributed by atoms with Crippen LogP contribution in [-0.2, 0) is 4.79 Å². The Morgan fingerprint density at radius 3 is 2.58 bits per heavy atom. The van der Waals surface area contributed by atoms with Gasteiger partial charge in [0.15, 0.2) is 0 Å². The maximum Gasteiger partial charge on any atom is 0.238 e. The van der Waals surface area contributed by atoms with Crippen molar-refractivity contribution in [1.29, 1.82) is 0 Å². The Balaban J connectivity index is 1.78. The number of amides is 1. The van der Waals surface area contributed by atoms with Crippen LogP contribution in [0.25, 0.3) is 0 Å². The van der Waals surface area contributed by atoms with Gasteiger partial charge in [-0.15, -0.1) is 0 Å². The molecule has 2 rings (SSSR count). The molecule has 1 aliphatic heterocycles. The molecule has 0 unspecified atom stereocenters. The summed E-state index contributed by atoms with van der Waals surface area (Å²) in [5.74, 6) is 0.692. The number of hydrogen-bond donors (Lipinski definition) is 2. The molecule has 19 heavy (non-hydrogen) atoms. The highest BCUT2D eigenvalue weighted by molar-refractivity contribution is 5.92. The van der Waals surface area contributed by atoms with Gasteiger partial charge in [0, 0.05) is 18.8 Å². The second-order valence-electron chi connectivity index (χ2n) is 5.00. The van der Waals surface area contributed by atoms with Gasteiger partial charge in [0.25, 0.3) is 0 Å². The average Bonchev–Trinajstić information content (AvgIpc) is 2.37. The van der Waals surface area contributed by atoms with Crippen LogP contribution >= 0.6 is 0 Å². The summed E-state index contributed by atoms with van der Waals surface area (Å²) < 4.78 is 5.05. The number of likely N-dealkylation sites (tertiary alicyclic amines) is 1. The molecule has 2 N–H and O–H groups in total. The van der Waals surface area contributed by atoms with Crippen LogP contribution in [0, 0.1) is 0 Å². The van der Waals surface area contributed by atoms with Gasteiger partial charge in [0.1, 0.15) is 5.75 Å². The van der Waals surface area contributed by atoms with Gasteiger partial charge in [-0.25, -0.2) is 0 Å². The Morgan fingerprint density at radius 2 is 2.05 bits per heavy atom. The van der Waals surface area contributed by atoms with Crippen LogP contribution in [0.15, 0.2) is 24.3 Å². The van der Waals surface area contributed by atoms with Crippen molar-refractivity contribution in [2.45, 2.75) is 18.9 Å². The minimum Gasteiger partial charge on any atom is -0.497 e. The van der Waals surface area contributed by atoms with Gasteiger partial charge in [-0.05, 0) is 30.7 Å². The molecule has 104 valence electrons. The quantitative estimate of drug-likeness (QED) is 0.835. The summed E-state index contributed by atoms with van der Waals surface area (Å²) in [6.07, 6.45) is 0.726. The number of anilines is 1. The van der Waals surface area contributed by atoms with Gasteiger partial charge in [-0.1, -0.05) is 6.92 Å². The third-order valence-corrected chi connectivity index (χ3v) is 3.43. The maximum atomic E-state index is 11.8. The molecule has 0 spiro atoms. The van der Waals surface area contributed by atoms with Crippen LogP contribution < -0.4 is 10.1 Å². The van der Waals surface area contributed by atoms with E-state index in [2.05, 4.69) is 5.32 Å². The molecule has 0 atom stereocenters. The molecule has 5 heteroatoms. The standard InChI is InChI=1S/C14H20N2O3/c1-3-14(18)9-16(10-14)8-13(17)15-11-4-6-12(19-2)7-5-11/h4-7,18H,3,8-10H2,1-2H3,(H,15,17). The van der Waals surface area contributed by atoms with Gasteiger partial charge >= 0.3 is 0 Å². The monoisotopic (exact) mass is 264 g/mol. The highest BCUT2D eigenvalue weighted by Gasteiger charge is 2.39. The Bertz CT molecular complexity index is 439. The Kier molecular flexibility index (Phi) is 4.07. The molecule has 5 nitrogen and oxygen atoms in total. The lowest BCUT2D eigenvalue weighted by molar-refractivity contribution is -0.128. The number of benzene rings is 1. The summed E-state index contributed by atoms with van der Waals surface area (Å²) in [6.45, 7) is 3.40. The van der Waals surface area contributed by atoms with Gasteiger partial charge in [-0.3, -0.25) is 9.69 Å². The summed E-state index contributed by atoms with van der Waals surface area (Å²) >= 11 is 0. The first kappa shape index (κ1) is 13.8. The molecule has 1 aliphatic rings. The number of β-amino-alcohol motifs (C(OH)–C–C–N with tert-alkyl or cyclic N) is 1. The van der Waals surface area contributed by atoms with Gasteiger partial charge in [0.05, 0.1) is 19.3 Å². The van der Waals surface area contributed by atoms with Crippen LogP contribution in [0.5, 0.6) is 5.75 Å². The number of nitrogens with zero attached hydrogens (tertiary/aromatic N) is 1. The SMILES string of the molecule is CCC1(O)CN(CC(=O)Nc2ccc(OC)cc2)C1. The highest BCUT2D eigenvalue weighted by Crippen LogP contribution is 2.23. The Labute approximate surface area is 113 Å². The Morgan fingerprint density at radius 1 is 1.42 bits per heavy atom. The smallest absolute Gasteiger partial charge is 0.238 e. The lowest BCUT2D eigenvalue weighted by atomic mass is 9.91. The number of hydrogen-bond acceptors (Lipinski definition) is 4. The van der Waals surface area contributed by atoms with Gasteiger partial charge in [0.2, 0.25) is 5.91 Å². The van der Waals surface area contributed by atoms with Crippen LogP contribution in [-0.4, -0.2) is 48.3 Å². The molecule has 0 radical (unpaired) electrons. The molecule has 1 saturated heterocycles. The lowest BCUT2D eigenvalue weighted by Crippen LogP contribution is -2.62. The fraction of sp³-hybridized carbons (Fsp3) is 0.500. The van der Waals surface area contributed by atoms with Crippen molar-refractivity contribution < 1.29 is 14.6 Å². The van der Waals surface area contributed by atoms with E-state index in [4.69, 9.17) is 4.74 Å². The van der Waals surface area contributed by atoms with E-state index < -0.39 is 5.60 Å². The van der Waals surface area contributed by atoms with Crippen LogP contribution in [0.4, 0.5) is 5.69 Å². The van der Waals surface area contributed by atoms with Crippen molar-refractivity contribution >= 4 is 11.6 Å². The van der Waals surface area contributed by atoms with Crippen LogP contribution in [0.3, 0.4) is 0 Å². The summed E-state index contributed by atoms with van der Waals surface area (Å²) in [7, 11) is 1.60. The fourth-order valence-electron chi connectivity index (χ4n) is 2.20. The van der Waals surface area contributed by atoms with E-state index in [0.29, 0.717) is 19.6 Å². The molecule has 0 aromatic heterocycles. The zero-order valence-electron chi connectivity index (χ0n) is 11.3. The molecular weight excluding hydrogens is 244 g/mol. The average molecular weight is 264 g/mol. The largest absolute Gasteiger partial charge is 0.497 e. The predicted octanol–water partition coefficient (Wildman–Crippen LogP) is 1.09. The third kappa shape index (κ3) is 3.45. The van der Waals surface area contributed by atoms with Gasteiger partial charge in [-0.2, -0.15) is 0 Å². The van der Waals surface area contributed by atoms with E-state index in [1.165, 1.54) is 0 Å². The van der Waals surface area contributed by atoms with Crippen molar-refractivity contribution in [3.05, 3.63) is 24.3 Å². The van der Waals surface area contributed by atoms with Crippen LogP contribution in [0.2, 0.25) is 0 Å². The van der Waals surface area contributed by atoms with E-state index in [1.807, 2.05) is 11.8 Å². The highest BCUT2D eigenvalue weighted by atomic mass is 16.5. The van der Waals surface area contributed by atoms with Crippen molar-refractivity contribution in [2.24, 2.45) is 0 Å². The fourth-order valence-corrected chi connectivity index (χ4v) is 2.20. The number of carbonyl (C=O) groups is 1. The summed E-state index contributed by atoms with van der Waals surface area (Å²) in [6, 6.07) is 7.20. The zero-order valence-corrected chi connectivity index (χ0v) is 11.3. The number of rotatable bonds is 5. The third-order valence-electron chi connectivity index (χ3n) is 3.43. The number of ether oxygens (including phenoxy) is 1. The second-order valence-corrected chi connectivity index (χ2v) is 5.00. The summed E-state index contributed by atoms with van der Waals surface area (Å²) in [5, 5.41) is 12.7. The number of nitrogens with one attached hydrogen (secondary N) is 1. The van der Waals surface area contributed by atoms with E-state index in [1.54, 1.807) is 31.4 Å². The number of methoxy groups -OCH3 is 1. The van der Waals surface area contributed by atoms with Crippen molar-refractivity contribution in [2.75, 3.05) is 32.1 Å². The van der Waals surface area contributed by atoms with E-state index in [0.717, 1.165) is 17.9 Å². The van der Waals surface area contributed by atoms with Crippen LogP contribution in [0.1, 0.15) is 13.3 Å². The first-order valence-electron chi connectivity index (χ1n) is 6.43. The summed E-state index contributed by atoms with van der Waals surface area (Å²) in [5.41, 5.74) is 0.150. The molecule has 1 heterocycles. The molecule has 1 fully saturated rings. The molecule has 0 aliphatic carbocycles. The van der Waals surface area contributed by atoms with Crippen molar-refractivity contribution in [3.8, 4) is 5.75 Å². The topological polar surface area (TPSA) is 61.8 Å². The summed E-state index contributed by atoms with van der Waals surface area (Å²) in [4.78, 5) is 13.7. The minimum absolute atomic E-state index is 0.0664. The first-order chi connectivity index (χ1) is 9.04. The van der Waals surface area contributed by atoms with Crippen molar-refractivity contribution in [3.63, 3.8) is 0 Å². The lowest BCUT2D eigenvalue weighted by Gasteiger charge is -2.45. The Hall–Kier alpha value is -1.59. The second kappa shape index (κ2) is 5.59.